The molecule has 1 heterocycles. The Hall–Kier alpha value is -2.01. The van der Waals surface area contributed by atoms with Crippen LogP contribution in [0.5, 0.6) is 0 Å². The number of amides is 1. The first kappa shape index (κ1) is 10.5. The number of nitrogens with zero attached hydrogens (tertiary/aromatic N) is 2. The number of hydrazine groups is 1. The van der Waals surface area contributed by atoms with Crippen molar-refractivity contribution in [3.8, 4) is 0 Å². The molecule has 0 spiro atoms. The van der Waals surface area contributed by atoms with Crippen LogP contribution in [0.2, 0.25) is 0 Å². The van der Waals surface area contributed by atoms with Crippen molar-refractivity contribution < 1.29 is 4.79 Å². The Labute approximate surface area is 92.7 Å². The molecule has 1 aromatic heterocycles. The van der Waals surface area contributed by atoms with Gasteiger partial charge in [0.25, 0.3) is 0 Å². The maximum atomic E-state index is 11.3. The summed E-state index contributed by atoms with van der Waals surface area (Å²) in [6.45, 7) is 1.74. The van der Waals surface area contributed by atoms with Gasteiger partial charge in [-0.3, -0.25) is 15.2 Å². The Morgan fingerprint density at radius 1 is 1.38 bits per heavy atom. The first-order chi connectivity index (χ1) is 7.72. The topological polar surface area (TPSA) is 80.9 Å². The van der Waals surface area contributed by atoms with Gasteiger partial charge in [-0.2, -0.15) is 0 Å². The second kappa shape index (κ2) is 4.24. The Kier molecular flexibility index (Phi) is 2.78. The molecule has 82 valence electrons. The average Bonchev–Trinajstić information content (AvgIpc) is 2.36. The average molecular weight is 216 g/mol. The monoisotopic (exact) mass is 216 g/mol. The van der Waals surface area contributed by atoms with E-state index in [4.69, 9.17) is 5.84 Å². The standard InChI is InChI=1S/C11H12N4O/c1-7(11(16)15-12)10-6-13-8-4-2-3-5-9(8)14-10/h2-7H,12H2,1H3,(H,15,16). The number of nitrogens with one attached hydrogen (secondary N) is 1. The van der Waals surface area contributed by atoms with Gasteiger partial charge in [-0.25, -0.2) is 10.8 Å². The summed E-state index contributed by atoms with van der Waals surface area (Å²) in [4.78, 5) is 19.9. The lowest BCUT2D eigenvalue weighted by Gasteiger charge is -2.08. The van der Waals surface area contributed by atoms with Crippen molar-refractivity contribution in [3.63, 3.8) is 0 Å². The summed E-state index contributed by atoms with van der Waals surface area (Å²) in [6, 6.07) is 7.51. The number of para-hydroxylation sites is 2. The molecule has 3 N–H and O–H groups in total. The third-order valence-electron chi connectivity index (χ3n) is 2.45. The van der Waals surface area contributed by atoms with E-state index in [1.165, 1.54) is 0 Å². The quantitative estimate of drug-likeness (QED) is 0.440. The van der Waals surface area contributed by atoms with Crippen molar-refractivity contribution >= 4 is 16.9 Å². The number of carbonyl (C=O) groups is 1. The minimum Gasteiger partial charge on any atom is -0.294 e. The van der Waals surface area contributed by atoms with Gasteiger partial charge in [0.05, 0.1) is 22.6 Å². The summed E-state index contributed by atoms with van der Waals surface area (Å²) in [5.41, 5.74) is 4.30. The lowest BCUT2D eigenvalue weighted by Crippen LogP contribution is -2.34. The number of aromatic nitrogens is 2. The Bertz CT molecular complexity index is 526. The highest BCUT2D eigenvalue weighted by Gasteiger charge is 2.15. The Morgan fingerprint density at radius 2 is 2.06 bits per heavy atom. The normalized spacial score (nSPS) is 12.4. The molecule has 0 saturated heterocycles. The van der Waals surface area contributed by atoms with Crippen molar-refractivity contribution in [1.29, 1.82) is 0 Å². The minimum absolute atomic E-state index is 0.274. The molecule has 1 unspecified atom stereocenters. The van der Waals surface area contributed by atoms with E-state index < -0.39 is 5.92 Å². The molecule has 1 atom stereocenters. The molecule has 1 aromatic carbocycles. The van der Waals surface area contributed by atoms with Gasteiger partial charge in [0.2, 0.25) is 5.91 Å². The molecular weight excluding hydrogens is 204 g/mol. The third-order valence-corrected chi connectivity index (χ3v) is 2.45. The Balaban J connectivity index is 2.43. The molecule has 5 nitrogen and oxygen atoms in total. The van der Waals surface area contributed by atoms with Crippen LogP contribution in [0.1, 0.15) is 18.5 Å². The largest absolute Gasteiger partial charge is 0.294 e. The maximum Gasteiger partial charge on any atom is 0.242 e. The zero-order valence-corrected chi connectivity index (χ0v) is 8.84. The zero-order chi connectivity index (χ0) is 11.5. The molecule has 1 amide bonds. The van der Waals surface area contributed by atoms with E-state index in [2.05, 4.69) is 15.4 Å². The highest BCUT2D eigenvalue weighted by Crippen LogP contribution is 2.15. The van der Waals surface area contributed by atoms with Crippen LogP contribution < -0.4 is 11.3 Å². The SMILES string of the molecule is CC(C(=O)NN)c1cnc2ccccc2n1. The summed E-state index contributed by atoms with van der Waals surface area (Å²) in [7, 11) is 0. The molecule has 2 aromatic rings. The van der Waals surface area contributed by atoms with Crippen LogP contribution in [-0.4, -0.2) is 15.9 Å². The highest BCUT2D eigenvalue weighted by atomic mass is 16.2. The molecule has 0 aliphatic carbocycles. The lowest BCUT2D eigenvalue weighted by molar-refractivity contribution is -0.122. The fourth-order valence-electron chi connectivity index (χ4n) is 1.44. The van der Waals surface area contributed by atoms with Crippen LogP contribution in [-0.2, 0) is 4.79 Å². The highest BCUT2D eigenvalue weighted by molar-refractivity contribution is 5.83. The maximum absolute atomic E-state index is 11.3. The second-order valence-corrected chi connectivity index (χ2v) is 3.51. The van der Waals surface area contributed by atoms with Crippen LogP contribution >= 0.6 is 0 Å². The molecule has 0 radical (unpaired) electrons. The van der Waals surface area contributed by atoms with Gasteiger partial charge in [-0.15, -0.1) is 0 Å². The number of hydrogen-bond acceptors (Lipinski definition) is 4. The molecule has 2 rings (SSSR count). The molecule has 0 aliphatic heterocycles. The molecular formula is C11H12N4O. The molecule has 0 bridgehead atoms. The fraction of sp³-hybridized carbons (Fsp3) is 0.182. The number of carbonyl (C=O) groups excluding carboxylic acids is 1. The second-order valence-electron chi connectivity index (χ2n) is 3.51. The van der Waals surface area contributed by atoms with Gasteiger partial charge in [-0.1, -0.05) is 12.1 Å². The van der Waals surface area contributed by atoms with Crippen LogP contribution in [0.15, 0.2) is 30.5 Å². The summed E-state index contributed by atoms with van der Waals surface area (Å²) in [5.74, 6) is 4.40. The van der Waals surface area contributed by atoms with Gasteiger partial charge in [-0.05, 0) is 19.1 Å². The van der Waals surface area contributed by atoms with Gasteiger partial charge in [0.15, 0.2) is 0 Å². The van der Waals surface area contributed by atoms with Crippen molar-refractivity contribution in [2.75, 3.05) is 0 Å². The van der Waals surface area contributed by atoms with Gasteiger partial charge < -0.3 is 0 Å². The van der Waals surface area contributed by atoms with Crippen LogP contribution in [0.25, 0.3) is 11.0 Å². The van der Waals surface area contributed by atoms with Crippen molar-refractivity contribution in [2.24, 2.45) is 5.84 Å². The predicted molar refractivity (Wildman–Crippen MR) is 60.3 cm³/mol. The third kappa shape index (κ3) is 1.85. The summed E-state index contributed by atoms with van der Waals surface area (Å²) in [5, 5.41) is 0. The smallest absolute Gasteiger partial charge is 0.242 e. The van der Waals surface area contributed by atoms with Gasteiger partial charge in [0, 0.05) is 6.20 Å². The van der Waals surface area contributed by atoms with E-state index in [-0.39, 0.29) is 5.91 Å². The number of rotatable bonds is 2. The Morgan fingerprint density at radius 3 is 2.75 bits per heavy atom. The summed E-state index contributed by atoms with van der Waals surface area (Å²) < 4.78 is 0. The fourth-order valence-corrected chi connectivity index (χ4v) is 1.44. The summed E-state index contributed by atoms with van der Waals surface area (Å²) >= 11 is 0. The van der Waals surface area contributed by atoms with E-state index in [0.717, 1.165) is 11.0 Å². The predicted octanol–water partition coefficient (Wildman–Crippen LogP) is 0.723. The molecule has 0 fully saturated rings. The van der Waals surface area contributed by atoms with Gasteiger partial charge >= 0.3 is 0 Å². The van der Waals surface area contributed by atoms with Gasteiger partial charge in [0.1, 0.15) is 0 Å². The first-order valence-electron chi connectivity index (χ1n) is 4.94. The molecule has 0 saturated carbocycles. The first-order valence-corrected chi connectivity index (χ1v) is 4.94. The van der Waals surface area contributed by atoms with Crippen molar-refractivity contribution in [3.05, 3.63) is 36.2 Å². The number of benzene rings is 1. The van der Waals surface area contributed by atoms with E-state index in [1.807, 2.05) is 24.3 Å². The van der Waals surface area contributed by atoms with E-state index >= 15 is 0 Å². The number of hydrogen-bond donors (Lipinski definition) is 2. The lowest BCUT2D eigenvalue weighted by atomic mass is 10.1. The van der Waals surface area contributed by atoms with Crippen molar-refractivity contribution in [2.45, 2.75) is 12.8 Å². The molecule has 0 aliphatic rings. The summed E-state index contributed by atoms with van der Waals surface area (Å²) in [6.07, 6.45) is 1.60. The van der Waals surface area contributed by atoms with E-state index in [0.29, 0.717) is 5.69 Å². The number of nitrogens with two attached hydrogens (primary N) is 1. The number of fused-ring (bicyclic) bond motifs is 1. The van der Waals surface area contributed by atoms with Crippen molar-refractivity contribution in [1.82, 2.24) is 15.4 Å². The van der Waals surface area contributed by atoms with Crippen LogP contribution in [0.3, 0.4) is 0 Å². The minimum atomic E-state index is -0.401. The van der Waals surface area contributed by atoms with E-state index in [1.54, 1.807) is 13.1 Å². The zero-order valence-electron chi connectivity index (χ0n) is 8.84. The van der Waals surface area contributed by atoms with Crippen LogP contribution in [0, 0.1) is 0 Å². The molecule has 16 heavy (non-hydrogen) atoms. The van der Waals surface area contributed by atoms with E-state index in [9.17, 15) is 4.79 Å². The van der Waals surface area contributed by atoms with Crippen LogP contribution in [0.4, 0.5) is 0 Å². The molecule has 5 heteroatoms.